The predicted molar refractivity (Wildman–Crippen MR) is 75.8 cm³/mol. The van der Waals surface area contributed by atoms with E-state index in [9.17, 15) is 13.5 Å². The van der Waals surface area contributed by atoms with Gasteiger partial charge in [0.2, 0.25) is 10.0 Å². The fourth-order valence-corrected chi connectivity index (χ4v) is 4.04. The Bertz CT molecular complexity index is 580. The molecule has 0 amide bonds. The Morgan fingerprint density at radius 3 is 2.65 bits per heavy atom. The summed E-state index contributed by atoms with van der Waals surface area (Å²) in [6, 6.07) is 4.77. The summed E-state index contributed by atoms with van der Waals surface area (Å²) in [6.45, 7) is 2.27. The SMILES string of the molecule is Cc1c(N)cccc1S(=O)(=O)NC1(CO)CCOCC1. The molecule has 0 bridgehead atoms. The van der Waals surface area contributed by atoms with Gasteiger partial charge in [0.25, 0.3) is 0 Å². The molecule has 112 valence electrons. The zero-order chi connectivity index (χ0) is 14.8. The Hall–Kier alpha value is -1.15. The van der Waals surface area contributed by atoms with Crippen LogP contribution in [0.3, 0.4) is 0 Å². The lowest BCUT2D eigenvalue weighted by Crippen LogP contribution is -2.54. The van der Waals surface area contributed by atoms with Crippen molar-refractivity contribution in [2.24, 2.45) is 0 Å². The maximum Gasteiger partial charge on any atom is 0.241 e. The van der Waals surface area contributed by atoms with E-state index >= 15 is 0 Å². The van der Waals surface area contributed by atoms with Crippen LogP contribution in [0.5, 0.6) is 0 Å². The molecule has 1 heterocycles. The zero-order valence-electron chi connectivity index (χ0n) is 11.4. The number of nitrogens with two attached hydrogens (primary N) is 1. The molecule has 0 aliphatic carbocycles. The number of aliphatic hydroxyl groups excluding tert-OH is 1. The quantitative estimate of drug-likeness (QED) is 0.699. The number of hydrogen-bond acceptors (Lipinski definition) is 5. The number of rotatable bonds is 4. The molecule has 0 saturated carbocycles. The van der Waals surface area contributed by atoms with Crippen molar-refractivity contribution >= 4 is 15.7 Å². The molecule has 4 N–H and O–H groups in total. The molecular weight excluding hydrogens is 280 g/mol. The molecular formula is C13H20N2O4S. The fraction of sp³-hybridized carbons (Fsp3) is 0.538. The van der Waals surface area contributed by atoms with Crippen LogP contribution in [0.1, 0.15) is 18.4 Å². The number of nitrogens with one attached hydrogen (secondary N) is 1. The molecule has 0 aromatic heterocycles. The first-order chi connectivity index (χ1) is 9.40. The van der Waals surface area contributed by atoms with Gasteiger partial charge in [-0.15, -0.1) is 0 Å². The molecule has 0 unspecified atom stereocenters. The molecule has 7 heteroatoms. The summed E-state index contributed by atoms with van der Waals surface area (Å²) in [5, 5.41) is 9.57. The van der Waals surface area contributed by atoms with Crippen molar-refractivity contribution in [3.8, 4) is 0 Å². The van der Waals surface area contributed by atoms with Crippen LogP contribution in [0.2, 0.25) is 0 Å². The van der Waals surface area contributed by atoms with Crippen LogP contribution >= 0.6 is 0 Å². The first-order valence-electron chi connectivity index (χ1n) is 6.48. The van der Waals surface area contributed by atoms with Gasteiger partial charge >= 0.3 is 0 Å². The van der Waals surface area contributed by atoms with Gasteiger partial charge in [0.15, 0.2) is 0 Å². The highest BCUT2D eigenvalue weighted by molar-refractivity contribution is 7.89. The number of aliphatic hydroxyl groups is 1. The van der Waals surface area contributed by atoms with Gasteiger partial charge in [0.05, 0.1) is 17.0 Å². The summed E-state index contributed by atoms with van der Waals surface area (Å²) >= 11 is 0. The number of benzene rings is 1. The highest BCUT2D eigenvalue weighted by Crippen LogP contribution is 2.26. The summed E-state index contributed by atoms with van der Waals surface area (Å²) in [7, 11) is -3.73. The van der Waals surface area contributed by atoms with Crippen LogP contribution in [0.4, 0.5) is 5.69 Å². The molecule has 0 spiro atoms. The molecule has 1 fully saturated rings. The average molecular weight is 300 g/mol. The number of sulfonamides is 1. The minimum atomic E-state index is -3.73. The van der Waals surface area contributed by atoms with Crippen LogP contribution in [0.15, 0.2) is 23.1 Å². The molecule has 0 radical (unpaired) electrons. The third-order valence-corrected chi connectivity index (χ3v) is 5.44. The van der Waals surface area contributed by atoms with E-state index in [1.54, 1.807) is 19.1 Å². The van der Waals surface area contributed by atoms with Gasteiger partial charge in [-0.2, -0.15) is 0 Å². The van der Waals surface area contributed by atoms with Gasteiger partial charge < -0.3 is 15.6 Å². The summed E-state index contributed by atoms with van der Waals surface area (Å²) in [6.07, 6.45) is 0.897. The van der Waals surface area contributed by atoms with Crippen LogP contribution in [0.25, 0.3) is 0 Å². The second kappa shape index (κ2) is 5.69. The maximum atomic E-state index is 12.5. The number of nitrogen functional groups attached to an aromatic ring is 1. The first kappa shape index (κ1) is 15.2. The van der Waals surface area contributed by atoms with Gasteiger partial charge in [-0.05, 0) is 37.5 Å². The van der Waals surface area contributed by atoms with E-state index in [4.69, 9.17) is 10.5 Å². The van der Waals surface area contributed by atoms with Gasteiger partial charge in [0.1, 0.15) is 0 Å². The van der Waals surface area contributed by atoms with Gasteiger partial charge in [-0.3, -0.25) is 0 Å². The zero-order valence-corrected chi connectivity index (χ0v) is 12.2. The van der Waals surface area contributed by atoms with E-state index in [0.29, 0.717) is 37.3 Å². The van der Waals surface area contributed by atoms with Gasteiger partial charge in [-0.25, -0.2) is 13.1 Å². The molecule has 0 atom stereocenters. The van der Waals surface area contributed by atoms with Crippen molar-refractivity contribution in [1.82, 2.24) is 4.72 Å². The lowest BCUT2D eigenvalue weighted by atomic mass is 9.93. The first-order valence-corrected chi connectivity index (χ1v) is 7.96. The Morgan fingerprint density at radius 2 is 2.05 bits per heavy atom. The molecule has 1 saturated heterocycles. The lowest BCUT2D eigenvalue weighted by molar-refractivity contribution is 0.0223. The van der Waals surface area contributed by atoms with E-state index in [1.165, 1.54) is 6.07 Å². The highest BCUT2D eigenvalue weighted by atomic mass is 32.2. The van der Waals surface area contributed by atoms with Crippen molar-refractivity contribution in [3.05, 3.63) is 23.8 Å². The van der Waals surface area contributed by atoms with E-state index < -0.39 is 15.6 Å². The summed E-state index contributed by atoms with van der Waals surface area (Å²) < 4.78 is 32.9. The molecule has 1 aliphatic heterocycles. The summed E-state index contributed by atoms with van der Waals surface area (Å²) in [5.74, 6) is 0. The van der Waals surface area contributed by atoms with Crippen molar-refractivity contribution in [1.29, 1.82) is 0 Å². The Balaban J connectivity index is 2.33. The van der Waals surface area contributed by atoms with Crippen LogP contribution in [-0.4, -0.2) is 38.9 Å². The standard InChI is InChI=1S/C13H20N2O4S/c1-10-11(14)3-2-4-12(10)20(17,18)15-13(9-16)5-7-19-8-6-13/h2-4,15-16H,5-9,14H2,1H3. The monoisotopic (exact) mass is 300 g/mol. The smallest absolute Gasteiger partial charge is 0.241 e. The maximum absolute atomic E-state index is 12.5. The molecule has 20 heavy (non-hydrogen) atoms. The van der Waals surface area contributed by atoms with Crippen molar-refractivity contribution in [2.75, 3.05) is 25.6 Å². The average Bonchev–Trinajstić information content (AvgIpc) is 2.42. The predicted octanol–water partition coefficient (Wildman–Crippen LogP) is 0.397. The minimum Gasteiger partial charge on any atom is -0.398 e. The van der Waals surface area contributed by atoms with E-state index in [-0.39, 0.29) is 11.5 Å². The third-order valence-electron chi connectivity index (χ3n) is 3.72. The van der Waals surface area contributed by atoms with Crippen LogP contribution < -0.4 is 10.5 Å². The molecule has 1 aliphatic rings. The van der Waals surface area contributed by atoms with Crippen molar-refractivity contribution < 1.29 is 18.3 Å². The van der Waals surface area contributed by atoms with Crippen LogP contribution in [0, 0.1) is 6.92 Å². The Morgan fingerprint density at radius 1 is 1.40 bits per heavy atom. The lowest BCUT2D eigenvalue weighted by Gasteiger charge is -2.36. The van der Waals surface area contributed by atoms with Crippen molar-refractivity contribution in [3.63, 3.8) is 0 Å². The van der Waals surface area contributed by atoms with Gasteiger partial charge in [0, 0.05) is 18.9 Å². The van der Waals surface area contributed by atoms with E-state index in [1.807, 2.05) is 0 Å². The summed E-state index contributed by atoms with van der Waals surface area (Å²) in [4.78, 5) is 0.150. The Labute approximate surface area is 119 Å². The number of hydrogen-bond donors (Lipinski definition) is 3. The van der Waals surface area contributed by atoms with Crippen LogP contribution in [-0.2, 0) is 14.8 Å². The van der Waals surface area contributed by atoms with Gasteiger partial charge in [-0.1, -0.05) is 6.07 Å². The molecule has 1 aromatic carbocycles. The molecule has 2 rings (SSSR count). The number of ether oxygens (including phenoxy) is 1. The number of anilines is 1. The minimum absolute atomic E-state index is 0.150. The second-order valence-corrected chi connectivity index (χ2v) is 6.78. The second-order valence-electron chi connectivity index (χ2n) is 5.13. The molecule has 6 nitrogen and oxygen atoms in total. The Kier molecular flexibility index (Phi) is 4.33. The third kappa shape index (κ3) is 2.95. The highest BCUT2D eigenvalue weighted by Gasteiger charge is 2.37. The van der Waals surface area contributed by atoms with Crippen molar-refractivity contribution in [2.45, 2.75) is 30.2 Å². The molecule has 1 aromatic rings. The fourth-order valence-electron chi connectivity index (χ4n) is 2.32. The van der Waals surface area contributed by atoms with E-state index in [2.05, 4.69) is 4.72 Å². The largest absolute Gasteiger partial charge is 0.398 e. The topological polar surface area (TPSA) is 102 Å². The summed E-state index contributed by atoms with van der Waals surface area (Å²) in [5.41, 5.74) is 5.84. The normalized spacial score (nSPS) is 18.9. The van der Waals surface area contributed by atoms with E-state index in [0.717, 1.165) is 0 Å².